The molecule has 5 heteroatoms. The summed E-state index contributed by atoms with van der Waals surface area (Å²) >= 11 is 0. The molecule has 0 aliphatic heterocycles. The van der Waals surface area contributed by atoms with Gasteiger partial charge in [-0.2, -0.15) is 0 Å². The summed E-state index contributed by atoms with van der Waals surface area (Å²) in [6, 6.07) is 0. The summed E-state index contributed by atoms with van der Waals surface area (Å²) in [7, 11) is 0. The van der Waals surface area contributed by atoms with Gasteiger partial charge in [0.25, 0.3) is 0 Å². The predicted octanol–water partition coefficient (Wildman–Crippen LogP) is 7.68. The Labute approximate surface area is 205 Å². The van der Waals surface area contributed by atoms with Crippen LogP contribution < -0.4 is 0 Å². The van der Waals surface area contributed by atoms with E-state index in [1.165, 1.54) is 109 Å². The quantitative estimate of drug-likeness (QED) is 0.114. The normalized spacial score (nSPS) is 12.3. The van der Waals surface area contributed by atoms with Gasteiger partial charge in [0.1, 0.15) is 6.10 Å². The largest absolute Gasteiger partial charge is 0.481 e. The Hall–Kier alpha value is -0.650. The Bertz CT molecular complexity index is 388. The molecule has 0 aromatic rings. The number of carbonyl (C=O) groups is 1. The second-order valence-corrected chi connectivity index (χ2v) is 9.61. The van der Waals surface area contributed by atoms with E-state index in [1.54, 1.807) is 0 Å². The molecule has 1 atom stereocenters. The van der Waals surface area contributed by atoms with Crippen LogP contribution in [0.25, 0.3) is 0 Å². The minimum absolute atomic E-state index is 0.0575. The molecule has 0 aromatic carbocycles. The van der Waals surface area contributed by atoms with Crippen LogP contribution in [0.1, 0.15) is 142 Å². The molecule has 0 fully saturated rings. The zero-order valence-corrected chi connectivity index (χ0v) is 21.9. The van der Waals surface area contributed by atoms with Crippen LogP contribution in [0.3, 0.4) is 0 Å². The monoisotopic (exact) mass is 472 g/mol. The third-order valence-electron chi connectivity index (χ3n) is 6.29. The van der Waals surface area contributed by atoms with Crippen LogP contribution in [-0.4, -0.2) is 48.7 Å². The average Bonchev–Trinajstić information content (AvgIpc) is 2.81. The summed E-state index contributed by atoms with van der Waals surface area (Å²) in [5.74, 6) is -0.776. The fraction of sp³-hybridized carbons (Fsp3) is 0.964. The summed E-state index contributed by atoms with van der Waals surface area (Å²) < 4.78 is 11.2. The molecule has 0 heterocycles. The second-order valence-electron chi connectivity index (χ2n) is 9.61. The first-order valence-electron chi connectivity index (χ1n) is 14.2. The summed E-state index contributed by atoms with van der Waals surface area (Å²) in [5.41, 5.74) is 0. The Morgan fingerprint density at radius 3 is 1.48 bits per heavy atom. The smallest absolute Gasteiger partial charge is 0.303 e. The summed E-state index contributed by atoms with van der Waals surface area (Å²) in [5, 5.41) is 17.9. The Balaban J connectivity index is 3.20. The molecule has 0 radical (unpaired) electrons. The number of hydrogen-bond donors (Lipinski definition) is 2. The van der Waals surface area contributed by atoms with Gasteiger partial charge in [-0.1, -0.05) is 116 Å². The van der Waals surface area contributed by atoms with E-state index in [-0.39, 0.29) is 19.1 Å². The fourth-order valence-electron chi connectivity index (χ4n) is 4.10. The van der Waals surface area contributed by atoms with Crippen molar-refractivity contribution in [1.82, 2.24) is 0 Å². The van der Waals surface area contributed by atoms with Crippen LogP contribution in [0.15, 0.2) is 0 Å². The molecule has 0 aromatic heterocycles. The lowest BCUT2D eigenvalue weighted by atomic mass is 10.0. The first kappa shape index (κ1) is 32.4. The fourth-order valence-corrected chi connectivity index (χ4v) is 4.10. The third kappa shape index (κ3) is 27.5. The molecule has 0 spiro atoms. The van der Waals surface area contributed by atoms with E-state index in [2.05, 4.69) is 6.92 Å². The number of aliphatic hydroxyl groups excluding tert-OH is 1. The van der Waals surface area contributed by atoms with Crippen LogP contribution >= 0.6 is 0 Å². The van der Waals surface area contributed by atoms with Crippen LogP contribution in [-0.2, 0) is 14.3 Å². The maximum absolute atomic E-state index is 10.5. The first-order chi connectivity index (χ1) is 16.2. The second kappa shape index (κ2) is 27.6. The summed E-state index contributed by atoms with van der Waals surface area (Å²) in [4.78, 5) is 10.5. The van der Waals surface area contributed by atoms with E-state index in [4.69, 9.17) is 14.6 Å². The third-order valence-corrected chi connectivity index (χ3v) is 6.29. The van der Waals surface area contributed by atoms with Gasteiger partial charge in [0, 0.05) is 19.6 Å². The topological polar surface area (TPSA) is 76.0 Å². The molecule has 33 heavy (non-hydrogen) atoms. The van der Waals surface area contributed by atoms with Crippen LogP contribution in [0, 0.1) is 0 Å². The molecular formula is C28H56O5. The van der Waals surface area contributed by atoms with Gasteiger partial charge in [0.2, 0.25) is 0 Å². The van der Waals surface area contributed by atoms with Crippen molar-refractivity contribution in [2.75, 3.05) is 26.4 Å². The zero-order valence-electron chi connectivity index (χ0n) is 21.9. The highest BCUT2D eigenvalue weighted by atomic mass is 16.5. The van der Waals surface area contributed by atoms with Crippen molar-refractivity contribution in [3.8, 4) is 0 Å². The average molecular weight is 473 g/mol. The molecule has 0 rings (SSSR count). The molecule has 0 aliphatic rings. The van der Waals surface area contributed by atoms with Crippen molar-refractivity contribution in [3.05, 3.63) is 0 Å². The van der Waals surface area contributed by atoms with Crippen LogP contribution in [0.4, 0.5) is 0 Å². The van der Waals surface area contributed by atoms with Crippen LogP contribution in [0.5, 0.6) is 0 Å². The van der Waals surface area contributed by atoms with Crippen molar-refractivity contribution in [3.63, 3.8) is 0 Å². The molecular weight excluding hydrogens is 416 g/mol. The molecule has 2 N–H and O–H groups in total. The minimum Gasteiger partial charge on any atom is -0.481 e. The van der Waals surface area contributed by atoms with Gasteiger partial charge in [-0.15, -0.1) is 0 Å². The number of unbranched alkanes of at least 4 members (excludes halogenated alkanes) is 18. The van der Waals surface area contributed by atoms with E-state index < -0.39 is 5.97 Å². The van der Waals surface area contributed by atoms with Gasteiger partial charge in [-0.05, 0) is 19.3 Å². The maximum Gasteiger partial charge on any atom is 0.303 e. The van der Waals surface area contributed by atoms with Crippen molar-refractivity contribution >= 4 is 5.97 Å². The molecule has 5 nitrogen and oxygen atoms in total. The van der Waals surface area contributed by atoms with Gasteiger partial charge < -0.3 is 19.7 Å². The van der Waals surface area contributed by atoms with Crippen molar-refractivity contribution in [2.24, 2.45) is 0 Å². The van der Waals surface area contributed by atoms with Gasteiger partial charge >= 0.3 is 5.97 Å². The van der Waals surface area contributed by atoms with E-state index in [0.29, 0.717) is 26.1 Å². The Morgan fingerprint density at radius 1 is 0.636 bits per heavy atom. The number of rotatable bonds is 28. The number of hydrogen-bond acceptors (Lipinski definition) is 4. The molecule has 0 bridgehead atoms. The molecule has 0 amide bonds. The number of aliphatic carboxylic acids is 1. The lowest BCUT2D eigenvalue weighted by molar-refractivity contribution is -0.137. The molecule has 198 valence electrons. The maximum atomic E-state index is 10.5. The Morgan fingerprint density at radius 2 is 1.06 bits per heavy atom. The highest BCUT2D eigenvalue weighted by Gasteiger charge is 2.08. The number of ether oxygens (including phenoxy) is 2. The molecule has 0 aliphatic carbocycles. The van der Waals surface area contributed by atoms with E-state index >= 15 is 0 Å². The standard InChI is InChI=1S/C28H56O5/c1-2-3-4-5-6-7-8-9-10-11-12-13-14-15-16-17-18-20-23-32-26-27(25-29)33-24-21-19-22-28(30)31/h27,29H,2-26H2,1H3,(H,30,31)/t27-/m0/s1. The first-order valence-corrected chi connectivity index (χ1v) is 14.2. The molecule has 0 saturated carbocycles. The zero-order chi connectivity index (χ0) is 24.2. The van der Waals surface area contributed by atoms with Gasteiger partial charge in [0.15, 0.2) is 0 Å². The lowest BCUT2D eigenvalue weighted by Crippen LogP contribution is -2.24. The highest BCUT2D eigenvalue weighted by molar-refractivity contribution is 5.66. The number of carboxylic acids is 1. The number of carboxylic acid groups (broad SMARTS) is 1. The van der Waals surface area contributed by atoms with Crippen LogP contribution in [0.2, 0.25) is 0 Å². The van der Waals surface area contributed by atoms with Gasteiger partial charge in [-0.25, -0.2) is 0 Å². The van der Waals surface area contributed by atoms with E-state index in [9.17, 15) is 9.90 Å². The number of aliphatic hydroxyl groups is 1. The van der Waals surface area contributed by atoms with E-state index in [0.717, 1.165) is 13.0 Å². The van der Waals surface area contributed by atoms with Gasteiger partial charge in [-0.3, -0.25) is 4.79 Å². The van der Waals surface area contributed by atoms with Gasteiger partial charge in [0.05, 0.1) is 13.2 Å². The highest BCUT2D eigenvalue weighted by Crippen LogP contribution is 2.14. The minimum atomic E-state index is -0.776. The lowest BCUT2D eigenvalue weighted by Gasteiger charge is -2.15. The summed E-state index contributed by atoms with van der Waals surface area (Å²) in [6.45, 7) is 3.83. The van der Waals surface area contributed by atoms with Crippen molar-refractivity contribution in [2.45, 2.75) is 148 Å². The molecule has 0 saturated heterocycles. The summed E-state index contributed by atoms with van der Waals surface area (Å²) in [6.07, 6.45) is 25.9. The Kier molecular flexibility index (Phi) is 27.0. The SMILES string of the molecule is CCCCCCCCCCCCCCCCCCCCOC[C@H](CO)OCCCCC(=O)O. The van der Waals surface area contributed by atoms with Crippen molar-refractivity contribution < 1.29 is 24.5 Å². The predicted molar refractivity (Wildman–Crippen MR) is 138 cm³/mol. The van der Waals surface area contributed by atoms with Crippen molar-refractivity contribution in [1.29, 1.82) is 0 Å². The molecule has 0 unspecified atom stereocenters. The van der Waals surface area contributed by atoms with E-state index in [1.807, 2.05) is 0 Å².